The monoisotopic (exact) mass is 165 g/mol. The quantitative estimate of drug-likeness (QED) is 0.498. The molecule has 0 spiro atoms. The molecule has 0 aliphatic rings. The molecule has 0 radical (unpaired) electrons. The molecule has 0 amide bonds. The highest BCUT2D eigenvalue weighted by Crippen LogP contribution is 2.24. The number of aromatic nitrogens is 1. The van der Waals surface area contributed by atoms with Crippen molar-refractivity contribution in [3.63, 3.8) is 0 Å². The lowest BCUT2D eigenvalue weighted by Gasteiger charge is -1.98. The number of anilines is 1. The first-order valence-electron chi connectivity index (χ1n) is 3.20. The molecule has 0 atom stereocenters. The summed E-state index contributed by atoms with van der Waals surface area (Å²) in [6, 6.07) is 3.86. The van der Waals surface area contributed by atoms with Crippen LogP contribution in [0.1, 0.15) is 0 Å². The van der Waals surface area contributed by atoms with Gasteiger partial charge in [-0.1, -0.05) is 0 Å². The molecule has 0 aliphatic heterocycles. The molecule has 0 aromatic carbocycles. The number of hydrogen-bond donors (Lipinski definition) is 2. The van der Waals surface area contributed by atoms with Crippen LogP contribution >= 0.6 is 11.3 Å². The van der Waals surface area contributed by atoms with E-state index in [4.69, 9.17) is 5.84 Å². The molecule has 11 heavy (non-hydrogen) atoms. The molecule has 4 heteroatoms. The topological polar surface area (TPSA) is 50.9 Å². The van der Waals surface area contributed by atoms with E-state index in [0.29, 0.717) is 0 Å². The summed E-state index contributed by atoms with van der Waals surface area (Å²) in [5.74, 6) is 5.30. The molecule has 0 fully saturated rings. The standard InChI is InChI=1S/C7H7N3S/c8-10-6-1-3-9-7-5(6)2-4-11-7/h1-4H,8H2,(H,9,10). The van der Waals surface area contributed by atoms with E-state index in [1.165, 1.54) is 0 Å². The zero-order valence-electron chi connectivity index (χ0n) is 5.74. The van der Waals surface area contributed by atoms with Crippen molar-refractivity contribution in [2.24, 2.45) is 5.84 Å². The average Bonchev–Trinajstić information content (AvgIpc) is 2.50. The Bertz CT molecular complexity index is 368. The number of hydrazine groups is 1. The van der Waals surface area contributed by atoms with E-state index < -0.39 is 0 Å². The van der Waals surface area contributed by atoms with E-state index in [0.717, 1.165) is 15.9 Å². The summed E-state index contributed by atoms with van der Waals surface area (Å²) >= 11 is 1.61. The van der Waals surface area contributed by atoms with Gasteiger partial charge in [-0.15, -0.1) is 11.3 Å². The second kappa shape index (κ2) is 2.48. The van der Waals surface area contributed by atoms with Crippen LogP contribution < -0.4 is 11.3 Å². The SMILES string of the molecule is NNc1ccnc2sccc12. The van der Waals surface area contributed by atoms with Crippen LogP contribution in [-0.2, 0) is 0 Å². The highest BCUT2D eigenvalue weighted by molar-refractivity contribution is 7.16. The van der Waals surface area contributed by atoms with Crippen molar-refractivity contribution in [3.8, 4) is 0 Å². The first-order chi connectivity index (χ1) is 5.42. The fourth-order valence-corrected chi connectivity index (χ4v) is 1.76. The van der Waals surface area contributed by atoms with Gasteiger partial charge in [0.2, 0.25) is 0 Å². The number of rotatable bonds is 1. The summed E-state index contributed by atoms with van der Waals surface area (Å²) in [7, 11) is 0. The van der Waals surface area contributed by atoms with Crippen LogP contribution in [0.15, 0.2) is 23.7 Å². The third-order valence-corrected chi connectivity index (χ3v) is 2.34. The maximum atomic E-state index is 5.30. The molecule has 2 rings (SSSR count). The van der Waals surface area contributed by atoms with Gasteiger partial charge < -0.3 is 5.43 Å². The maximum Gasteiger partial charge on any atom is 0.125 e. The largest absolute Gasteiger partial charge is 0.323 e. The van der Waals surface area contributed by atoms with Crippen LogP contribution in [0.5, 0.6) is 0 Å². The van der Waals surface area contributed by atoms with Gasteiger partial charge in [0.05, 0.1) is 5.69 Å². The lowest BCUT2D eigenvalue weighted by molar-refractivity contribution is 1.34. The van der Waals surface area contributed by atoms with Crippen LogP contribution in [0.4, 0.5) is 5.69 Å². The number of nitrogens with zero attached hydrogens (tertiary/aromatic N) is 1. The highest BCUT2D eigenvalue weighted by atomic mass is 32.1. The van der Waals surface area contributed by atoms with Crippen molar-refractivity contribution in [2.45, 2.75) is 0 Å². The van der Waals surface area contributed by atoms with Crippen LogP contribution in [0.25, 0.3) is 10.2 Å². The van der Waals surface area contributed by atoms with E-state index in [9.17, 15) is 0 Å². The number of fused-ring (bicyclic) bond motifs is 1. The smallest absolute Gasteiger partial charge is 0.125 e. The molecule has 0 unspecified atom stereocenters. The Morgan fingerprint density at radius 2 is 2.36 bits per heavy atom. The van der Waals surface area contributed by atoms with E-state index >= 15 is 0 Å². The maximum absolute atomic E-state index is 5.30. The average molecular weight is 165 g/mol. The third-order valence-electron chi connectivity index (χ3n) is 1.52. The van der Waals surface area contributed by atoms with Gasteiger partial charge in [-0.2, -0.15) is 0 Å². The Balaban J connectivity index is 2.79. The van der Waals surface area contributed by atoms with Gasteiger partial charge in [-0.3, -0.25) is 5.84 Å². The first-order valence-corrected chi connectivity index (χ1v) is 4.08. The molecule has 56 valence electrons. The first kappa shape index (κ1) is 6.57. The Hall–Kier alpha value is -1.13. The van der Waals surface area contributed by atoms with Crippen molar-refractivity contribution in [3.05, 3.63) is 23.7 Å². The fourth-order valence-electron chi connectivity index (χ4n) is 1.00. The van der Waals surface area contributed by atoms with Crippen molar-refractivity contribution in [1.82, 2.24) is 4.98 Å². The second-order valence-corrected chi connectivity index (χ2v) is 3.04. The summed E-state index contributed by atoms with van der Waals surface area (Å²) in [5, 5.41) is 3.08. The normalized spacial score (nSPS) is 10.3. The van der Waals surface area contributed by atoms with E-state index in [-0.39, 0.29) is 0 Å². The number of pyridine rings is 1. The van der Waals surface area contributed by atoms with Crippen LogP contribution in [0, 0.1) is 0 Å². The van der Waals surface area contributed by atoms with Crippen LogP contribution in [0.2, 0.25) is 0 Å². The Morgan fingerprint density at radius 3 is 3.18 bits per heavy atom. The second-order valence-electron chi connectivity index (χ2n) is 2.14. The summed E-state index contributed by atoms with van der Waals surface area (Å²) in [6.07, 6.45) is 1.74. The van der Waals surface area contributed by atoms with Crippen LogP contribution in [0.3, 0.4) is 0 Å². The summed E-state index contributed by atoms with van der Waals surface area (Å²) < 4.78 is 0. The fraction of sp³-hybridized carbons (Fsp3) is 0. The lowest BCUT2D eigenvalue weighted by Crippen LogP contribution is -2.06. The number of nitrogens with two attached hydrogens (primary N) is 1. The number of nitrogen functional groups attached to an aromatic ring is 1. The number of nitrogens with one attached hydrogen (secondary N) is 1. The molecule has 2 aromatic rings. The molecule has 0 saturated carbocycles. The van der Waals surface area contributed by atoms with Crippen molar-refractivity contribution < 1.29 is 0 Å². The molecule has 0 aliphatic carbocycles. The van der Waals surface area contributed by atoms with Crippen molar-refractivity contribution in [1.29, 1.82) is 0 Å². The van der Waals surface area contributed by atoms with Gasteiger partial charge in [-0.25, -0.2) is 4.98 Å². The van der Waals surface area contributed by atoms with Gasteiger partial charge in [0.1, 0.15) is 4.83 Å². The van der Waals surface area contributed by atoms with Gasteiger partial charge in [0.25, 0.3) is 0 Å². The molecule has 0 saturated heterocycles. The van der Waals surface area contributed by atoms with Crippen LogP contribution in [-0.4, -0.2) is 4.98 Å². The molecular weight excluding hydrogens is 158 g/mol. The van der Waals surface area contributed by atoms with Gasteiger partial charge in [-0.05, 0) is 17.5 Å². The van der Waals surface area contributed by atoms with Gasteiger partial charge in [0, 0.05) is 11.6 Å². The van der Waals surface area contributed by atoms with E-state index in [1.807, 2.05) is 17.5 Å². The van der Waals surface area contributed by atoms with Gasteiger partial charge >= 0.3 is 0 Å². The molecule has 2 aromatic heterocycles. The summed E-state index contributed by atoms with van der Waals surface area (Å²) in [5.41, 5.74) is 3.55. The minimum Gasteiger partial charge on any atom is -0.323 e. The predicted molar refractivity (Wildman–Crippen MR) is 47.4 cm³/mol. The summed E-state index contributed by atoms with van der Waals surface area (Å²) in [6.45, 7) is 0. The molecular formula is C7H7N3S. The predicted octanol–water partition coefficient (Wildman–Crippen LogP) is 1.58. The highest BCUT2D eigenvalue weighted by Gasteiger charge is 1.99. The number of hydrogen-bond acceptors (Lipinski definition) is 4. The Kier molecular flexibility index (Phi) is 1.48. The van der Waals surface area contributed by atoms with Crippen molar-refractivity contribution >= 4 is 27.2 Å². The van der Waals surface area contributed by atoms with Gasteiger partial charge in [0.15, 0.2) is 0 Å². The molecule has 2 heterocycles. The zero-order chi connectivity index (χ0) is 7.68. The minimum atomic E-state index is 0.927. The Morgan fingerprint density at radius 1 is 1.45 bits per heavy atom. The summed E-state index contributed by atoms with van der Waals surface area (Å²) in [4.78, 5) is 5.19. The Labute approximate surface area is 67.8 Å². The van der Waals surface area contributed by atoms with Crippen molar-refractivity contribution in [2.75, 3.05) is 5.43 Å². The molecule has 0 bridgehead atoms. The van der Waals surface area contributed by atoms with E-state index in [2.05, 4.69) is 10.4 Å². The third kappa shape index (κ3) is 0.961. The number of thiophene rings is 1. The van der Waals surface area contributed by atoms with E-state index in [1.54, 1.807) is 17.5 Å². The molecule has 3 N–H and O–H groups in total. The minimum absolute atomic E-state index is 0.927. The molecule has 3 nitrogen and oxygen atoms in total. The lowest BCUT2D eigenvalue weighted by atomic mass is 10.3. The zero-order valence-corrected chi connectivity index (χ0v) is 6.56.